The van der Waals surface area contributed by atoms with Gasteiger partial charge in [0.15, 0.2) is 17.3 Å². The van der Waals surface area contributed by atoms with Crippen molar-refractivity contribution in [3.05, 3.63) is 40.5 Å². The van der Waals surface area contributed by atoms with Crippen molar-refractivity contribution in [2.45, 2.75) is 50.3 Å². The van der Waals surface area contributed by atoms with Gasteiger partial charge in [-0.3, -0.25) is 14.4 Å². The second-order valence-electron chi connectivity index (χ2n) is 12.7. The van der Waals surface area contributed by atoms with Crippen molar-refractivity contribution in [3.8, 4) is 16.3 Å². The molecule has 1 atom stereocenters. The quantitative estimate of drug-likeness (QED) is 0.210. The molecule has 12 nitrogen and oxygen atoms in total. The zero-order chi connectivity index (χ0) is 32.3. The fourth-order valence-corrected chi connectivity index (χ4v) is 6.36. The number of para-hydroxylation sites is 1. The Bertz CT molecular complexity index is 1590. The van der Waals surface area contributed by atoms with E-state index in [2.05, 4.69) is 43.4 Å². The van der Waals surface area contributed by atoms with Gasteiger partial charge in [-0.15, -0.1) is 21.5 Å². The number of aromatic nitrogens is 3. The number of nitrogens with zero attached hydrogens (tertiary/aromatic N) is 4. The van der Waals surface area contributed by atoms with Crippen LogP contribution in [0.3, 0.4) is 0 Å². The summed E-state index contributed by atoms with van der Waals surface area (Å²) in [6.45, 7) is 3.54. The van der Waals surface area contributed by atoms with Gasteiger partial charge >= 0.3 is 0 Å². The molecular weight excluding hydrogens is 589 g/mol. The first kappa shape index (κ1) is 32.5. The lowest BCUT2D eigenvalue weighted by molar-refractivity contribution is -0.117. The van der Waals surface area contributed by atoms with Gasteiger partial charge in [-0.05, 0) is 70.0 Å². The van der Waals surface area contributed by atoms with Crippen LogP contribution in [0.25, 0.3) is 10.6 Å². The highest BCUT2D eigenvalue weighted by Crippen LogP contribution is 2.41. The van der Waals surface area contributed by atoms with Crippen molar-refractivity contribution in [1.29, 1.82) is 0 Å². The Hall–Kier alpha value is -3.91. The van der Waals surface area contributed by atoms with Crippen molar-refractivity contribution >= 4 is 69.8 Å². The van der Waals surface area contributed by atoms with Crippen LogP contribution in [-0.2, 0) is 4.79 Å². The molecule has 5 rings (SSSR count). The lowest BCUT2D eigenvalue weighted by atomic mass is 9.49. The number of rotatable bonds is 12. The summed E-state index contributed by atoms with van der Waals surface area (Å²) in [4.78, 5) is 46.4. The standard InChI is InChI=1S/C29H39B3N8O4S/c1-15-24(27(43)33-12-11-17-6-5-13-40(17)2)45-28(34-15)18-7-4-8-19(23(18)44-3)35-20-14-21(36-25(41)16-9-10-16)38-39-22(20)26(42)37-29(30,31)32/h4,7-8,14,16-17H,5-6,9-13,30-32H2,1-3H3,(H,33,43)(H,37,42)(H2,35,36,38,41). The summed E-state index contributed by atoms with van der Waals surface area (Å²) in [6.07, 6.45) is 4.97. The van der Waals surface area contributed by atoms with Crippen LogP contribution in [0.2, 0.25) is 0 Å². The molecule has 3 heterocycles. The maximum absolute atomic E-state index is 13.2. The molecule has 1 aliphatic heterocycles. The number of hydrogen-bond acceptors (Lipinski definition) is 10. The number of ether oxygens (including phenoxy) is 1. The van der Waals surface area contributed by atoms with Gasteiger partial charge in [0.05, 0.1) is 29.7 Å². The highest BCUT2D eigenvalue weighted by Gasteiger charge is 2.30. The molecule has 4 N–H and O–H groups in total. The van der Waals surface area contributed by atoms with Crippen molar-refractivity contribution < 1.29 is 19.1 Å². The van der Waals surface area contributed by atoms with E-state index in [9.17, 15) is 14.4 Å². The SMILES string of the molecule is BC(B)(B)NC(=O)c1nnc(NC(=O)C2CC2)cc1Nc1cccc(-c2nc(C)c(C(=O)NCCC3CCCN3C)s2)c1OC. The molecule has 0 bridgehead atoms. The molecule has 0 spiro atoms. The van der Waals surface area contributed by atoms with E-state index in [4.69, 9.17) is 9.72 Å². The molecule has 2 aliphatic rings. The summed E-state index contributed by atoms with van der Waals surface area (Å²) in [7, 11) is 9.31. The van der Waals surface area contributed by atoms with Gasteiger partial charge < -0.3 is 30.9 Å². The number of likely N-dealkylation sites (tertiary alicyclic amines) is 1. The predicted molar refractivity (Wildman–Crippen MR) is 184 cm³/mol. The van der Waals surface area contributed by atoms with Gasteiger partial charge in [-0.2, -0.15) is 0 Å². The molecule has 234 valence electrons. The minimum absolute atomic E-state index is 0.0217. The second-order valence-corrected chi connectivity index (χ2v) is 13.7. The van der Waals surface area contributed by atoms with Gasteiger partial charge in [-0.25, -0.2) is 4.98 Å². The highest BCUT2D eigenvalue weighted by molar-refractivity contribution is 7.17. The molecule has 1 unspecified atom stereocenters. The van der Waals surface area contributed by atoms with E-state index in [1.54, 1.807) is 13.2 Å². The first-order chi connectivity index (χ1) is 21.4. The van der Waals surface area contributed by atoms with E-state index in [1.165, 1.54) is 17.8 Å². The fraction of sp³-hybridized carbons (Fsp3) is 0.448. The topological polar surface area (TPSA) is 150 Å². The minimum atomic E-state index is -0.508. The highest BCUT2D eigenvalue weighted by atomic mass is 32.1. The monoisotopic (exact) mass is 628 g/mol. The molecule has 1 saturated carbocycles. The number of hydrogen-bond donors (Lipinski definition) is 4. The third-order valence-electron chi connectivity index (χ3n) is 7.85. The van der Waals surface area contributed by atoms with Crippen molar-refractivity contribution in [2.24, 2.45) is 5.92 Å². The zero-order valence-electron chi connectivity index (χ0n) is 26.7. The Balaban J connectivity index is 1.40. The molecule has 1 aromatic carbocycles. The Labute approximate surface area is 270 Å². The normalized spacial score (nSPS) is 16.6. The summed E-state index contributed by atoms with van der Waals surface area (Å²) in [5.41, 5.74) is 2.28. The van der Waals surface area contributed by atoms with E-state index >= 15 is 0 Å². The number of nitrogens with one attached hydrogen (secondary N) is 4. The summed E-state index contributed by atoms with van der Waals surface area (Å²) < 4.78 is 5.85. The number of amides is 3. The Morgan fingerprint density at radius 1 is 1.11 bits per heavy atom. The third-order valence-corrected chi connectivity index (χ3v) is 9.04. The van der Waals surface area contributed by atoms with Gasteiger partial charge in [0, 0.05) is 24.6 Å². The smallest absolute Gasteiger partial charge is 0.272 e. The Morgan fingerprint density at radius 3 is 2.56 bits per heavy atom. The van der Waals surface area contributed by atoms with E-state index < -0.39 is 11.1 Å². The van der Waals surface area contributed by atoms with Crippen molar-refractivity contribution in [3.63, 3.8) is 0 Å². The van der Waals surface area contributed by atoms with Crippen LogP contribution in [0.1, 0.15) is 58.0 Å². The van der Waals surface area contributed by atoms with Crippen LogP contribution in [0.4, 0.5) is 17.2 Å². The average Bonchev–Trinajstić information content (AvgIpc) is 3.65. The first-order valence-corrected chi connectivity index (χ1v) is 16.2. The van der Waals surface area contributed by atoms with Crippen LogP contribution >= 0.6 is 11.3 Å². The molecule has 3 aromatic rings. The van der Waals surface area contributed by atoms with Crippen LogP contribution in [0, 0.1) is 12.8 Å². The minimum Gasteiger partial charge on any atom is -0.494 e. The maximum Gasteiger partial charge on any atom is 0.272 e. The number of anilines is 3. The molecule has 2 fully saturated rings. The number of carbonyl (C=O) groups excluding carboxylic acids is 3. The van der Waals surface area contributed by atoms with E-state index in [0.29, 0.717) is 50.9 Å². The van der Waals surface area contributed by atoms with Gasteiger partial charge in [0.1, 0.15) is 33.4 Å². The van der Waals surface area contributed by atoms with Crippen molar-refractivity contribution in [2.75, 3.05) is 37.9 Å². The van der Waals surface area contributed by atoms with Crippen LogP contribution < -0.4 is 26.0 Å². The molecule has 3 amide bonds. The molecule has 1 saturated heterocycles. The lowest BCUT2D eigenvalue weighted by Gasteiger charge is -2.22. The summed E-state index contributed by atoms with van der Waals surface area (Å²) in [5.74, 6) is 0.0209. The van der Waals surface area contributed by atoms with E-state index in [-0.39, 0.29) is 29.2 Å². The summed E-state index contributed by atoms with van der Waals surface area (Å²) in [5, 5.41) is 20.5. The van der Waals surface area contributed by atoms with Crippen LogP contribution in [-0.4, -0.2) is 99.9 Å². The summed E-state index contributed by atoms with van der Waals surface area (Å²) in [6, 6.07) is 7.62. The molecule has 1 aliphatic carbocycles. The molecule has 45 heavy (non-hydrogen) atoms. The largest absolute Gasteiger partial charge is 0.494 e. The van der Waals surface area contributed by atoms with Gasteiger partial charge in [0.25, 0.3) is 11.8 Å². The predicted octanol–water partition coefficient (Wildman–Crippen LogP) is 0.464. The Kier molecular flexibility index (Phi) is 9.83. The van der Waals surface area contributed by atoms with Crippen LogP contribution in [0.15, 0.2) is 24.3 Å². The van der Waals surface area contributed by atoms with Crippen LogP contribution in [0.5, 0.6) is 5.75 Å². The third kappa shape index (κ3) is 8.04. The van der Waals surface area contributed by atoms with E-state index in [0.717, 1.165) is 32.2 Å². The van der Waals surface area contributed by atoms with Crippen molar-refractivity contribution in [1.82, 2.24) is 30.7 Å². The maximum atomic E-state index is 13.2. The molecule has 0 radical (unpaired) electrons. The molecule has 16 heteroatoms. The number of carbonyl (C=O) groups is 3. The summed E-state index contributed by atoms with van der Waals surface area (Å²) >= 11 is 1.31. The molecular formula is C29H39B3N8O4S. The zero-order valence-corrected chi connectivity index (χ0v) is 27.6. The number of aryl methyl sites for hydroxylation is 1. The lowest BCUT2D eigenvalue weighted by Crippen LogP contribution is -2.50. The number of benzene rings is 1. The van der Waals surface area contributed by atoms with Gasteiger partial charge in [0.2, 0.25) is 5.91 Å². The fourth-order valence-electron chi connectivity index (χ4n) is 5.36. The van der Waals surface area contributed by atoms with E-state index in [1.807, 2.05) is 48.7 Å². The first-order valence-electron chi connectivity index (χ1n) is 15.3. The average molecular weight is 628 g/mol. The number of methoxy groups -OCH3 is 1. The second kappa shape index (κ2) is 13.6. The number of thiazole rings is 1. The van der Waals surface area contributed by atoms with Gasteiger partial charge in [-0.1, -0.05) is 6.07 Å². The Morgan fingerprint density at radius 2 is 1.89 bits per heavy atom. The molecule has 2 aromatic heterocycles.